The maximum atomic E-state index is 11.8. The van der Waals surface area contributed by atoms with E-state index >= 15 is 0 Å². The van der Waals surface area contributed by atoms with Crippen LogP contribution in [0.1, 0.15) is 49.2 Å². The molecule has 0 unspecified atom stereocenters. The molecule has 0 radical (unpaired) electrons. The van der Waals surface area contributed by atoms with Gasteiger partial charge in [-0.25, -0.2) is 4.98 Å². The van der Waals surface area contributed by atoms with Crippen molar-refractivity contribution >= 4 is 29.0 Å². The number of carbonyl (C=O) groups excluding carboxylic acids is 1. The van der Waals surface area contributed by atoms with E-state index in [1.807, 2.05) is 0 Å². The average Bonchev–Trinajstić information content (AvgIpc) is 2.87. The maximum absolute atomic E-state index is 11.8. The van der Waals surface area contributed by atoms with Crippen molar-refractivity contribution in [2.45, 2.75) is 43.9 Å². The van der Waals surface area contributed by atoms with Gasteiger partial charge in [0.05, 0.1) is 6.20 Å². The first-order valence-electron chi connectivity index (χ1n) is 6.79. The number of aromatic nitrogens is 1. The first-order chi connectivity index (χ1) is 9.27. The molecule has 1 N–H and O–H groups in total. The SMILES string of the molecule is CC/C=C/CCCCNC(=O)c1cnc(SCC)s1. The van der Waals surface area contributed by atoms with Crippen molar-refractivity contribution in [1.82, 2.24) is 10.3 Å². The fourth-order valence-electron chi connectivity index (χ4n) is 1.51. The van der Waals surface area contributed by atoms with E-state index in [1.165, 1.54) is 11.3 Å². The topological polar surface area (TPSA) is 42.0 Å². The standard InChI is InChI=1S/C14H22N2OS2/c1-3-5-6-7-8-9-10-15-13(17)12-11-16-14(19-12)18-4-2/h5-6,11H,3-4,7-10H2,1-2H3,(H,15,17)/b6-5+. The van der Waals surface area contributed by atoms with E-state index < -0.39 is 0 Å². The van der Waals surface area contributed by atoms with Crippen LogP contribution in [0.15, 0.2) is 22.7 Å². The summed E-state index contributed by atoms with van der Waals surface area (Å²) in [7, 11) is 0. The number of allylic oxidation sites excluding steroid dienone is 2. The van der Waals surface area contributed by atoms with Gasteiger partial charge in [0.15, 0.2) is 4.34 Å². The van der Waals surface area contributed by atoms with Crippen molar-refractivity contribution in [2.24, 2.45) is 0 Å². The van der Waals surface area contributed by atoms with Gasteiger partial charge in [-0.1, -0.05) is 37.8 Å². The van der Waals surface area contributed by atoms with Gasteiger partial charge in [0, 0.05) is 6.54 Å². The molecule has 0 aliphatic rings. The van der Waals surface area contributed by atoms with E-state index in [9.17, 15) is 4.79 Å². The Morgan fingerprint density at radius 2 is 2.26 bits per heavy atom. The molecule has 1 aromatic heterocycles. The van der Waals surface area contributed by atoms with Crippen LogP contribution in [-0.2, 0) is 0 Å². The molecule has 1 rings (SSSR count). The third-order valence-corrected chi connectivity index (χ3v) is 4.50. The van der Waals surface area contributed by atoms with E-state index in [1.54, 1.807) is 18.0 Å². The molecule has 0 spiro atoms. The zero-order valence-corrected chi connectivity index (χ0v) is 13.3. The number of rotatable bonds is 9. The van der Waals surface area contributed by atoms with E-state index in [0.717, 1.165) is 42.3 Å². The van der Waals surface area contributed by atoms with Crippen molar-refractivity contribution < 1.29 is 4.79 Å². The molecule has 0 atom stereocenters. The molecule has 1 heterocycles. The van der Waals surface area contributed by atoms with Gasteiger partial charge in [0.2, 0.25) is 0 Å². The van der Waals surface area contributed by atoms with E-state index in [2.05, 4.69) is 36.3 Å². The van der Waals surface area contributed by atoms with Crippen LogP contribution < -0.4 is 5.32 Å². The minimum atomic E-state index is 0.00422. The smallest absolute Gasteiger partial charge is 0.263 e. The molecule has 0 bridgehead atoms. The largest absolute Gasteiger partial charge is 0.351 e. The molecular weight excluding hydrogens is 276 g/mol. The van der Waals surface area contributed by atoms with Crippen LogP contribution in [-0.4, -0.2) is 23.2 Å². The van der Waals surface area contributed by atoms with Crippen molar-refractivity contribution in [3.63, 3.8) is 0 Å². The molecule has 0 aromatic carbocycles. The van der Waals surface area contributed by atoms with Crippen molar-refractivity contribution in [1.29, 1.82) is 0 Å². The summed E-state index contributed by atoms with van der Waals surface area (Å²) in [6, 6.07) is 0. The molecule has 106 valence electrons. The summed E-state index contributed by atoms with van der Waals surface area (Å²) in [5.41, 5.74) is 0. The fraction of sp³-hybridized carbons (Fsp3) is 0.571. The average molecular weight is 298 g/mol. The van der Waals surface area contributed by atoms with Gasteiger partial charge >= 0.3 is 0 Å². The molecule has 0 fully saturated rings. The summed E-state index contributed by atoms with van der Waals surface area (Å²) < 4.78 is 0.970. The van der Waals surface area contributed by atoms with Gasteiger partial charge in [0.25, 0.3) is 5.91 Å². The third kappa shape index (κ3) is 6.78. The number of hydrogen-bond donors (Lipinski definition) is 1. The third-order valence-electron chi connectivity index (χ3n) is 2.46. The highest BCUT2D eigenvalue weighted by molar-refractivity contribution is 8.01. The first kappa shape index (κ1) is 16.2. The predicted octanol–water partition coefficient (Wildman–Crippen LogP) is 4.12. The van der Waals surface area contributed by atoms with Gasteiger partial charge in [-0.3, -0.25) is 4.79 Å². The number of thioether (sulfide) groups is 1. The van der Waals surface area contributed by atoms with Crippen molar-refractivity contribution in [3.8, 4) is 0 Å². The number of nitrogens with one attached hydrogen (secondary N) is 1. The Bertz CT molecular complexity index is 402. The molecule has 0 saturated heterocycles. The van der Waals surface area contributed by atoms with Crippen LogP contribution in [0, 0.1) is 0 Å². The van der Waals surface area contributed by atoms with Crippen LogP contribution in [0.2, 0.25) is 0 Å². The lowest BCUT2D eigenvalue weighted by Gasteiger charge is -2.01. The van der Waals surface area contributed by atoms with Crippen LogP contribution in [0.4, 0.5) is 0 Å². The predicted molar refractivity (Wildman–Crippen MR) is 84.1 cm³/mol. The maximum Gasteiger partial charge on any atom is 0.263 e. The molecule has 5 heteroatoms. The number of nitrogens with zero attached hydrogens (tertiary/aromatic N) is 1. The van der Waals surface area contributed by atoms with Gasteiger partial charge in [-0.05, 0) is 31.4 Å². The normalized spacial score (nSPS) is 11.1. The van der Waals surface area contributed by atoms with Crippen molar-refractivity contribution in [2.75, 3.05) is 12.3 Å². The molecule has 3 nitrogen and oxygen atoms in total. The van der Waals surface area contributed by atoms with Gasteiger partial charge in [-0.15, -0.1) is 11.3 Å². The Balaban J connectivity index is 2.18. The fourth-order valence-corrected chi connectivity index (χ4v) is 3.31. The minimum Gasteiger partial charge on any atom is -0.351 e. The number of amides is 1. The number of unbranched alkanes of at least 4 members (excludes halogenated alkanes) is 2. The lowest BCUT2D eigenvalue weighted by Crippen LogP contribution is -2.23. The van der Waals surface area contributed by atoms with E-state index in [-0.39, 0.29) is 5.91 Å². The second kappa shape index (κ2) is 10.0. The van der Waals surface area contributed by atoms with Crippen LogP contribution in [0.5, 0.6) is 0 Å². The summed E-state index contributed by atoms with van der Waals surface area (Å²) in [4.78, 5) is 16.8. The molecule has 19 heavy (non-hydrogen) atoms. The summed E-state index contributed by atoms with van der Waals surface area (Å²) in [5, 5.41) is 2.94. The Labute approximate surface area is 123 Å². The Morgan fingerprint density at radius 3 is 3.00 bits per heavy atom. The van der Waals surface area contributed by atoms with Gasteiger partial charge in [0.1, 0.15) is 4.88 Å². The van der Waals surface area contributed by atoms with Crippen LogP contribution in [0.3, 0.4) is 0 Å². The van der Waals surface area contributed by atoms with E-state index in [4.69, 9.17) is 0 Å². The Kier molecular flexibility index (Phi) is 8.58. The molecule has 1 amide bonds. The molecule has 0 aliphatic carbocycles. The summed E-state index contributed by atoms with van der Waals surface area (Å²) in [6.07, 6.45) is 10.4. The van der Waals surface area contributed by atoms with Crippen molar-refractivity contribution in [3.05, 3.63) is 23.2 Å². The molecule has 1 aromatic rings. The number of thiazole rings is 1. The summed E-state index contributed by atoms with van der Waals surface area (Å²) in [6.45, 7) is 4.96. The highest BCUT2D eigenvalue weighted by Gasteiger charge is 2.09. The Morgan fingerprint density at radius 1 is 1.42 bits per heavy atom. The Hall–Kier alpha value is -0.810. The molecule has 0 saturated carbocycles. The van der Waals surface area contributed by atoms with E-state index in [0.29, 0.717) is 4.88 Å². The second-order valence-electron chi connectivity index (χ2n) is 4.05. The lowest BCUT2D eigenvalue weighted by atomic mass is 10.2. The van der Waals surface area contributed by atoms with Gasteiger partial charge in [-0.2, -0.15) is 0 Å². The second-order valence-corrected chi connectivity index (χ2v) is 6.60. The molecular formula is C14H22N2OS2. The number of hydrogen-bond acceptors (Lipinski definition) is 4. The quantitative estimate of drug-likeness (QED) is 0.423. The van der Waals surface area contributed by atoms with Crippen LogP contribution in [0.25, 0.3) is 0 Å². The highest BCUT2D eigenvalue weighted by Crippen LogP contribution is 2.23. The monoisotopic (exact) mass is 298 g/mol. The summed E-state index contributed by atoms with van der Waals surface area (Å²) >= 11 is 3.14. The first-order valence-corrected chi connectivity index (χ1v) is 8.60. The lowest BCUT2D eigenvalue weighted by molar-refractivity contribution is 0.0957. The zero-order chi connectivity index (χ0) is 13.9. The number of carbonyl (C=O) groups is 1. The summed E-state index contributed by atoms with van der Waals surface area (Å²) in [5.74, 6) is 0.990. The zero-order valence-electron chi connectivity index (χ0n) is 11.6. The van der Waals surface area contributed by atoms with Crippen LogP contribution >= 0.6 is 23.1 Å². The minimum absolute atomic E-state index is 0.00422. The van der Waals surface area contributed by atoms with Gasteiger partial charge < -0.3 is 5.32 Å². The highest BCUT2D eigenvalue weighted by atomic mass is 32.2. The molecule has 0 aliphatic heterocycles.